The maximum Gasteiger partial charge on any atom is 0.127 e. The summed E-state index contributed by atoms with van der Waals surface area (Å²) in [5.74, 6) is 1.94. The molecule has 1 aliphatic heterocycles. The first-order valence-corrected chi connectivity index (χ1v) is 6.94. The normalized spacial score (nSPS) is 16.9. The number of ether oxygens (including phenoxy) is 2. The summed E-state index contributed by atoms with van der Waals surface area (Å²) in [4.78, 5) is 0. The lowest BCUT2D eigenvalue weighted by molar-refractivity contribution is 0.0773. The molecule has 1 saturated heterocycles. The minimum atomic E-state index is 0.762. The van der Waals surface area contributed by atoms with Crippen molar-refractivity contribution in [2.75, 3.05) is 38.7 Å². The van der Waals surface area contributed by atoms with Gasteiger partial charge in [-0.15, -0.1) is 0 Å². The highest BCUT2D eigenvalue weighted by Crippen LogP contribution is 2.13. The van der Waals surface area contributed by atoms with Gasteiger partial charge >= 0.3 is 0 Å². The number of benzene rings is 1. The van der Waals surface area contributed by atoms with Crippen molar-refractivity contribution in [3.63, 3.8) is 0 Å². The Morgan fingerprint density at radius 1 is 1.35 bits per heavy atom. The van der Waals surface area contributed by atoms with E-state index in [0.29, 0.717) is 0 Å². The van der Waals surface area contributed by atoms with Crippen LogP contribution in [0.2, 0.25) is 0 Å². The first-order chi connectivity index (χ1) is 8.45. The largest absolute Gasteiger partial charge is 0.493 e. The van der Waals surface area contributed by atoms with Crippen LogP contribution in [0.3, 0.4) is 0 Å². The van der Waals surface area contributed by atoms with E-state index in [9.17, 15) is 0 Å². The van der Waals surface area contributed by atoms with E-state index in [1.165, 1.54) is 0 Å². The van der Waals surface area contributed by atoms with Crippen molar-refractivity contribution in [1.29, 1.82) is 0 Å². The zero-order chi connectivity index (χ0) is 11.8. The molecule has 4 heteroatoms. The number of para-hydroxylation sites is 1. The summed E-state index contributed by atoms with van der Waals surface area (Å²) in [7, 11) is 0. The van der Waals surface area contributed by atoms with E-state index in [4.69, 9.17) is 9.47 Å². The van der Waals surface area contributed by atoms with Crippen molar-refractivity contribution in [3.05, 3.63) is 30.3 Å². The van der Waals surface area contributed by atoms with Gasteiger partial charge in [-0.05, 0) is 12.5 Å². The zero-order valence-electron chi connectivity index (χ0n) is 9.93. The summed E-state index contributed by atoms with van der Waals surface area (Å²) >= 11 is 1.90. The second-order valence-corrected chi connectivity index (χ2v) is 4.99. The average Bonchev–Trinajstić information content (AvgIpc) is 2.41. The van der Waals surface area contributed by atoms with E-state index in [0.717, 1.165) is 50.8 Å². The van der Waals surface area contributed by atoms with Crippen molar-refractivity contribution in [2.45, 2.75) is 6.42 Å². The molecule has 1 aromatic carbocycles. The molecule has 0 N–H and O–H groups in total. The fraction of sp³-hybridized carbons (Fsp3) is 0.538. The second kappa shape index (κ2) is 7.58. The fourth-order valence-electron chi connectivity index (χ4n) is 1.58. The van der Waals surface area contributed by atoms with Gasteiger partial charge in [-0.3, -0.25) is 0 Å². The Morgan fingerprint density at radius 3 is 3.00 bits per heavy atom. The van der Waals surface area contributed by atoms with Gasteiger partial charge in [-0.1, -0.05) is 30.1 Å². The highest BCUT2D eigenvalue weighted by Gasteiger charge is 2.09. The molecule has 3 nitrogen and oxygen atoms in total. The van der Waals surface area contributed by atoms with Gasteiger partial charge in [0.05, 0.1) is 19.8 Å². The Morgan fingerprint density at radius 2 is 2.24 bits per heavy atom. The smallest absolute Gasteiger partial charge is 0.127 e. The Kier molecular flexibility index (Phi) is 5.68. The Labute approximate surface area is 107 Å². The van der Waals surface area contributed by atoms with Crippen molar-refractivity contribution in [1.82, 2.24) is 4.31 Å². The number of hydrogen-bond donors (Lipinski definition) is 0. The van der Waals surface area contributed by atoms with Crippen LogP contribution in [0, 0.1) is 6.07 Å². The van der Waals surface area contributed by atoms with Crippen LogP contribution in [0.5, 0.6) is 5.75 Å². The van der Waals surface area contributed by atoms with Gasteiger partial charge in [-0.2, -0.15) is 0 Å². The molecule has 1 aliphatic rings. The molecule has 0 spiro atoms. The molecule has 0 bridgehead atoms. The lowest BCUT2D eigenvalue weighted by Crippen LogP contribution is -2.31. The molecule has 0 atom stereocenters. The van der Waals surface area contributed by atoms with Crippen LogP contribution < -0.4 is 4.74 Å². The maximum atomic E-state index is 5.58. The molecule has 0 aromatic heterocycles. The van der Waals surface area contributed by atoms with Crippen LogP contribution in [0.1, 0.15) is 6.42 Å². The van der Waals surface area contributed by atoms with Crippen LogP contribution in [0.15, 0.2) is 24.3 Å². The fourth-order valence-corrected chi connectivity index (χ4v) is 2.49. The second-order valence-electron chi connectivity index (χ2n) is 3.80. The van der Waals surface area contributed by atoms with Crippen LogP contribution in [0.4, 0.5) is 0 Å². The molecule has 0 aliphatic carbocycles. The number of rotatable bonds is 6. The lowest BCUT2D eigenvalue weighted by Gasteiger charge is -2.25. The molecule has 1 heterocycles. The van der Waals surface area contributed by atoms with E-state index < -0.39 is 0 Å². The van der Waals surface area contributed by atoms with Gasteiger partial charge < -0.3 is 9.47 Å². The van der Waals surface area contributed by atoms with Crippen molar-refractivity contribution in [2.24, 2.45) is 0 Å². The zero-order valence-corrected chi connectivity index (χ0v) is 10.7. The Hall–Kier alpha value is -0.710. The maximum absolute atomic E-state index is 5.58. The molecular weight excluding hydrogens is 234 g/mol. The topological polar surface area (TPSA) is 21.7 Å². The van der Waals surface area contributed by atoms with Crippen LogP contribution in [0.25, 0.3) is 0 Å². The predicted molar refractivity (Wildman–Crippen MR) is 70.2 cm³/mol. The molecule has 0 unspecified atom stereocenters. The first-order valence-electron chi connectivity index (χ1n) is 6.00. The van der Waals surface area contributed by atoms with E-state index >= 15 is 0 Å². The molecule has 1 radical (unpaired) electrons. The summed E-state index contributed by atoms with van der Waals surface area (Å²) in [6, 6.07) is 10.8. The van der Waals surface area contributed by atoms with Gasteiger partial charge in [0.15, 0.2) is 0 Å². The molecule has 17 heavy (non-hydrogen) atoms. The van der Waals surface area contributed by atoms with E-state index in [-0.39, 0.29) is 0 Å². The van der Waals surface area contributed by atoms with E-state index in [1.54, 1.807) is 0 Å². The third kappa shape index (κ3) is 4.98. The predicted octanol–water partition coefficient (Wildman–Crippen LogP) is 2.24. The monoisotopic (exact) mass is 252 g/mol. The van der Waals surface area contributed by atoms with Gasteiger partial charge in [0.2, 0.25) is 0 Å². The summed E-state index contributed by atoms with van der Waals surface area (Å²) in [5, 5.41) is 0. The first kappa shape index (κ1) is 12.7. The lowest BCUT2D eigenvalue weighted by atomic mass is 10.3. The van der Waals surface area contributed by atoms with E-state index in [2.05, 4.69) is 10.4 Å². The van der Waals surface area contributed by atoms with Crippen LogP contribution >= 0.6 is 11.9 Å². The SMILES string of the molecule is [c]1ccccc1OCCCSN1CCOCC1. The Bertz CT molecular complexity index is 302. The molecule has 93 valence electrons. The third-order valence-corrected chi connectivity index (χ3v) is 3.67. The van der Waals surface area contributed by atoms with Crippen molar-refractivity contribution >= 4 is 11.9 Å². The standard InChI is InChI=1S/C13H18NO2S/c1-2-5-13(6-3-1)16-9-4-12-17-14-7-10-15-11-8-14/h1-3,5H,4,7-12H2. The minimum Gasteiger partial charge on any atom is -0.493 e. The summed E-state index contributed by atoms with van der Waals surface area (Å²) in [6.45, 7) is 4.57. The minimum absolute atomic E-state index is 0.762. The Balaban J connectivity index is 1.51. The number of hydrogen-bond acceptors (Lipinski definition) is 4. The molecule has 1 fully saturated rings. The summed E-state index contributed by atoms with van der Waals surface area (Å²) < 4.78 is 13.3. The molecular formula is C13H18NO2S. The molecule has 2 rings (SSSR count). The molecule has 1 aromatic rings. The van der Waals surface area contributed by atoms with Gasteiger partial charge in [0.25, 0.3) is 0 Å². The average molecular weight is 252 g/mol. The number of morpholine rings is 1. The van der Waals surface area contributed by atoms with Gasteiger partial charge in [0.1, 0.15) is 5.75 Å². The highest BCUT2D eigenvalue weighted by atomic mass is 32.2. The highest BCUT2D eigenvalue weighted by molar-refractivity contribution is 7.97. The third-order valence-electron chi connectivity index (χ3n) is 2.47. The van der Waals surface area contributed by atoms with Crippen molar-refractivity contribution < 1.29 is 9.47 Å². The van der Waals surface area contributed by atoms with Gasteiger partial charge in [-0.25, -0.2) is 4.31 Å². The van der Waals surface area contributed by atoms with Crippen LogP contribution in [-0.4, -0.2) is 43.0 Å². The molecule has 0 amide bonds. The summed E-state index contributed by atoms with van der Waals surface area (Å²) in [5.41, 5.74) is 0. The summed E-state index contributed by atoms with van der Waals surface area (Å²) in [6.07, 6.45) is 1.06. The molecule has 0 saturated carbocycles. The van der Waals surface area contributed by atoms with Crippen LogP contribution in [-0.2, 0) is 4.74 Å². The van der Waals surface area contributed by atoms with Gasteiger partial charge in [0, 0.05) is 24.9 Å². The van der Waals surface area contributed by atoms with E-state index in [1.807, 2.05) is 36.2 Å². The number of nitrogens with zero attached hydrogens (tertiary/aromatic N) is 1. The quantitative estimate of drug-likeness (QED) is 0.572. The van der Waals surface area contributed by atoms with Crippen molar-refractivity contribution in [3.8, 4) is 5.75 Å².